The van der Waals surface area contributed by atoms with Crippen molar-refractivity contribution in [3.8, 4) is 11.5 Å². The van der Waals surface area contributed by atoms with E-state index < -0.39 is 0 Å². The SMILES string of the molecule is CN=C(NCCc1ccc(OC)cc1O)N1CC(C)CC(C)C1. The van der Waals surface area contributed by atoms with E-state index in [2.05, 4.69) is 29.1 Å². The topological polar surface area (TPSA) is 57.1 Å². The second-order valence-electron chi connectivity index (χ2n) is 6.57. The highest BCUT2D eigenvalue weighted by Crippen LogP contribution is 2.24. The average Bonchev–Trinajstić information content (AvgIpc) is 2.51. The molecule has 0 saturated carbocycles. The van der Waals surface area contributed by atoms with Crippen molar-refractivity contribution in [2.45, 2.75) is 26.7 Å². The number of aromatic hydroxyl groups is 1. The number of methoxy groups -OCH3 is 1. The predicted molar refractivity (Wildman–Crippen MR) is 94.2 cm³/mol. The summed E-state index contributed by atoms with van der Waals surface area (Å²) in [5.74, 6) is 3.30. The molecule has 2 rings (SSSR count). The van der Waals surface area contributed by atoms with Crippen LogP contribution in [0.5, 0.6) is 11.5 Å². The van der Waals surface area contributed by atoms with E-state index in [0.717, 1.165) is 37.6 Å². The Kier molecular flexibility index (Phi) is 6.13. The van der Waals surface area contributed by atoms with Gasteiger partial charge in [-0.05, 0) is 36.3 Å². The monoisotopic (exact) mass is 319 g/mol. The summed E-state index contributed by atoms with van der Waals surface area (Å²) in [5.41, 5.74) is 0.911. The Morgan fingerprint density at radius 3 is 2.61 bits per heavy atom. The quantitative estimate of drug-likeness (QED) is 0.661. The first-order chi connectivity index (χ1) is 11.0. The van der Waals surface area contributed by atoms with Gasteiger partial charge >= 0.3 is 0 Å². The summed E-state index contributed by atoms with van der Waals surface area (Å²) in [4.78, 5) is 6.75. The molecule has 1 aromatic rings. The largest absolute Gasteiger partial charge is 0.508 e. The van der Waals surface area contributed by atoms with Crippen LogP contribution in [0.25, 0.3) is 0 Å². The number of piperidine rings is 1. The van der Waals surface area contributed by atoms with Crippen molar-refractivity contribution < 1.29 is 9.84 Å². The van der Waals surface area contributed by atoms with Gasteiger partial charge in [-0.25, -0.2) is 0 Å². The molecule has 1 heterocycles. The third-order valence-electron chi connectivity index (χ3n) is 4.35. The van der Waals surface area contributed by atoms with Crippen LogP contribution >= 0.6 is 0 Å². The smallest absolute Gasteiger partial charge is 0.193 e. The van der Waals surface area contributed by atoms with Crippen molar-refractivity contribution in [1.29, 1.82) is 0 Å². The number of ether oxygens (including phenoxy) is 1. The van der Waals surface area contributed by atoms with Gasteiger partial charge in [0.05, 0.1) is 7.11 Å². The molecule has 1 fully saturated rings. The van der Waals surface area contributed by atoms with E-state index in [4.69, 9.17) is 4.74 Å². The third kappa shape index (κ3) is 4.78. The normalized spacial score (nSPS) is 22.1. The molecule has 0 bridgehead atoms. The van der Waals surface area contributed by atoms with Gasteiger partial charge in [-0.1, -0.05) is 19.9 Å². The van der Waals surface area contributed by atoms with E-state index in [0.29, 0.717) is 17.6 Å². The minimum Gasteiger partial charge on any atom is -0.508 e. The van der Waals surface area contributed by atoms with Crippen LogP contribution in [-0.2, 0) is 6.42 Å². The van der Waals surface area contributed by atoms with E-state index in [-0.39, 0.29) is 5.75 Å². The molecule has 128 valence electrons. The Morgan fingerprint density at radius 2 is 2.04 bits per heavy atom. The number of nitrogens with zero attached hydrogens (tertiary/aromatic N) is 2. The second-order valence-corrected chi connectivity index (χ2v) is 6.57. The van der Waals surface area contributed by atoms with Crippen LogP contribution in [0.1, 0.15) is 25.8 Å². The van der Waals surface area contributed by atoms with Crippen molar-refractivity contribution in [3.63, 3.8) is 0 Å². The van der Waals surface area contributed by atoms with Gasteiger partial charge in [0.1, 0.15) is 11.5 Å². The molecule has 0 aromatic heterocycles. The lowest BCUT2D eigenvalue weighted by Crippen LogP contribution is -2.48. The van der Waals surface area contributed by atoms with Crippen LogP contribution in [0.15, 0.2) is 23.2 Å². The van der Waals surface area contributed by atoms with E-state index in [1.54, 1.807) is 13.2 Å². The molecule has 1 aromatic carbocycles. The lowest BCUT2D eigenvalue weighted by Gasteiger charge is -2.37. The number of nitrogens with one attached hydrogen (secondary N) is 1. The van der Waals surface area contributed by atoms with Crippen LogP contribution < -0.4 is 10.1 Å². The highest BCUT2D eigenvalue weighted by atomic mass is 16.5. The number of phenols is 1. The van der Waals surface area contributed by atoms with E-state index in [1.165, 1.54) is 6.42 Å². The van der Waals surface area contributed by atoms with Crippen molar-refractivity contribution in [3.05, 3.63) is 23.8 Å². The van der Waals surface area contributed by atoms with Crippen molar-refractivity contribution in [1.82, 2.24) is 10.2 Å². The number of aliphatic imine (C=N–C) groups is 1. The number of guanidine groups is 1. The van der Waals surface area contributed by atoms with Crippen LogP contribution in [0, 0.1) is 11.8 Å². The minimum absolute atomic E-state index is 0.279. The second kappa shape index (κ2) is 8.09. The Labute approximate surface area is 139 Å². The molecule has 5 heteroatoms. The van der Waals surface area contributed by atoms with Gasteiger partial charge in [-0.2, -0.15) is 0 Å². The summed E-state index contributed by atoms with van der Waals surface area (Å²) in [5, 5.41) is 13.4. The predicted octanol–water partition coefficient (Wildman–Crippen LogP) is 2.50. The molecule has 0 radical (unpaired) electrons. The van der Waals surface area contributed by atoms with Gasteiger partial charge < -0.3 is 20.1 Å². The molecule has 0 spiro atoms. The maximum Gasteiger partial charge on any atom is 0.193 e. The zero-order chi connectivity index (χ0) is 16.8. The fourth-order valence-corrected chi connectivity index (χ4v) is 3.36. The fourth-order valence-electron chi connectivity index (χ4n) is 3.36. The molecule has 1 aliphatic heterocycles. The zero-order valence-electron chi connectivity index (χ0n) is 14.7. The first kappa shape index (κ1) is 17.4. The molecule has 0 aliphatic carbocycles. The van der Waals surface area contributed by atoms with Crippen LogP contribution in [0.4, 0.5) is 0 Å². The summed E-state index contributed by atoms with van der Waals surface area (Å²) < 4.78 is 5.11. The zero-order valence-corrected chi connectivity index (χ0v) is 14.7. The van der Waals surface area contributed by atoms with Crippen molar-refractivity contribution in [2.75, 3.05) is 33.8 Å². The van der Waals surface area contributed by atoms with Crippen LogP contribution in [0.3, 0.4) is 0 Å². The number of hydrogen-bond donors (Lipinski definition) is 2. The molecule has 2 atom stereocenters. The summed E-state index contributed by atoms with van der Waals surface area (Å²) in [6, 6.07) is 5.43. The first-order valence-electron chi connectivity index (χ1n) is 8.35. The van der Waals surface area contributed by atoms with Crippen LogP contribution in [0.2, 0.25) is 0 Å². The minimum atomic E-state index is 0.279. The number of benzene rings is 1. The molecule has 0 amide bonds. The summed E-state index contributed by atoms with van der Waals surface area (Å²) in [7, 11) is 3.43. The summed E-state index contributed by atoms with van der Waals surface area (Å²) in [6.07, 6.45) is 2.03. The fraction of sp³-hybridized carbons (Fsp3) is 0.611. The van der Waals surface area contributed by atoms with Gasteiger partial charge in [0.2, 0.25) is 0 Å². The molecular weight excluding hydrogens is 290 g/mol. The van der Waals surface area contributed by atoms with Gasteiger partial charge in [-0.3, -0.25) is 4.99 Å². The van der Waals surface area contributed by atoms with Gasteiger partial charge in [0, 0.05) is 32.7 Å². The Hall–Kier alpha value is -1.91. The van der Waals surface area contributed by atoms with Gasteiger partial charge in [0.15, 0.2) is 5.96 Å². The summed E-state index contributed by atoms with van der Waals surface area (Å²) in [6.45, 7) is 7.44. The molecule has 2 N–H and O–H groups in total. The van der Waals surface area contributed by atoms with Gasteiger partial charge in [0.25, 0.3) is 0 Å². The first-order valence-corrected chi connectivity index (χ1v) is 8.35. The number of likely N-dealkylation sites (tertiary alicyclic amines) is 1. The standard InChI is InChI=1S/C18H29N3O2/c1-13-9-14(2)12-21(11-13)18(19-3)20-8-7-15-5-6-16(23-4)10-17(15)22/h5-6,10,13-14,22H,7-9,11-12H2,1-4H3,(H,19,20). The summed E-state index contributed by atoms with van der Waals surface area (Å²) >= 11 is 0. The molecule has 1 saturated heterocycles. The molecular formula is C18H29N3O2. The molecule has 2 unspecified atom stereocenters. The highest BCUT2D eigenvalue weighted by Gasteiger charge is 2.23. The van der Waals surface area contributed by atoms with E-state index >= 15 is 0 Å². The lowest BCUT2D eigenvalue weighted by molar-refractivity contribution is 0.208. The Balaban J connectivity index is 1.89. The molecule has 1 aliphatic rings. The lowest BCUT2D eigenvalue weighted by atomic mass is 9.92. The van der Waals surface area contributed by atoms with Crippen molar-refractivity contribution in [2.24, 2.45) is 16.8 Å². The van der Waals surface area contributed by atoms with Crippen LogP contribution in [-0.4, -0.2) is 49.8 Å². The molecule has 5 nitrogen and oxygen atoms in total. The number of rotatable bonds is 4. The Bertz CT molecular complexity index is 535. The highest BCUT2D eigenvalue weighted by molar-refractivity contribution is 5.80. The van der Waals surface area contributed by atoms with E-state index in [9.17, 15) is 5.11 Å². The number of hydrogen-bond acceptors (Lipinski definition) is 3. The number of phenolic OH excluding ortho intramolecular Hbond substituents is 1. The molecule has 23 heavy (non-hydrogen) atoms. The maximum atomic E-state index is 10.0. The van der Waals surface area contributed by atoms with Gasteiger partial charge in [-0.15, -0.1) is 0 Å². The third-order valence-corrected chi connectivity index (χ3v) is 4.35. The Morgan fingerprint density at radius 1 is 1.35 bits per heavy atom. The average molecular weight is 319 g/mol. The maximum absolute atomic E-state index is 10.0. The van der Waals surface area contributed by atoms with E-state index in [1.807, 2.05) is 19.2 Å². The van der Waals surface area contributed by atoms with Crippen molar-refractivity contribution >= 4 is 5.96 Å².